The van der Waals surface area contributed by atoms with Gasteiger partial charge in [-0.3, -0.25) is 0 Å². The number of oxazole rings is 1. The van der Waals surface area contributed by atoms with Crippen molar-refractivity contribution in [3.05, 3.63) is 64.6 Å². The summed E-state index contributed by atoms with van der Waals surface area (Å²) in [5.74, 6) is -2.16. The van der Waals surface area contributed by atoms with E-state index in [0.717, 1.165) is 11.8 Å². The number of fused-ring (bicyclic) bond motifs is 1. The topological polar surface area (TPSA) is 101 Å². The molecule has 2 aromatic carbocycles. The molecule has 6 nitrogen and oxygen atoms in total. The number of hydrogen-bond acceptors (Lipinski definition) is 5. The van der Waals surface area contributed by atoms with Crippen LogP contribution in [0.2, 0.25) is 0 Å². The minimum atomic E-state index is -1.12. The van der Waals surface area contributed by atoms with Gasteiger partial charge in [0.25, 0.3) is 5.22 Å². The lowest BCUT2D eigenvalue weighted by atomic mass is 10.1. The predicted molar refractivity (Wildman–Crippen MR) is 88.9 cm³/mol. The summed E-state index contributed by atoms with van der Waals surface area (Å²) in [5, 5.41) is 18.5. The Kier molecular flexibility index (Phi) is 4.35. The van der Waals surface area contributed by atoms with Crippen molar-refractivity contribution in [1.29, 1.82) is 0 Å². The summed E-state index contributed by atoms with van der Waals surface area (Å²) in [6.45, 7) is 0. The van der Waals surface area contributed by atoms with E-state index < -0.39 is 11.9 Å². The Morgan fingerprint density at radius 3 is 2.38 bits per heavy atom. The molecule has 2 N–H and O–H groups in total. The Bertz CT molecular complexity index is 910. The molecule has 0 saturated heterocycles. The average molecular weight is 341 g/mol. The molecule has 0 aliphatic heterocycles. The Morgan fingerprint density at radius 1 is 1.04 bits per heavy atom. The van der Waals surface area contributed by atoms with Crippen molar-refractivity contribution in [2.45, 2.75) is 5.22 Å². The van der Waals surface area contributed by atoms with Gasteiger partial charge in [-0.05, 0) is 47.7 Å². The van der Waals surface area contributed by atoms with Crippen LogP contribution in [0.25, 0.3) is 17.2 Å². The third-order valence-corrected chi connectivity index (χ3v) is 4.00. The molecule has 0 bridgehead atoms. The van der Waals surface area contributed by atoms with Crippen molar-refractivity contribution in [2.75, 3.05) is 0 Å². The second-order valence-electron chi connectivity index (χ2n) is 4.79. The number of carboxylic acids is 2. The van der Waals surface area contributed by atoms with Crippen LogP contribution in [-0.2, 0) is 4.79 Å². The molecule has 0 saturated carbocycles. The molecule has 120 valence electrons. The van der Waals surface area contributed by atoms with Gasteiger partial charge < -0.3 is 14.6 Å². The molecule has 1 aromatic heterocycles. The van der Waals surface area contributed by atoms with E-state index in [1.807, 2.05) is 6.07 Å². The number of aromatic nitrogens is 1. The fourth-order valence-electron chi connectivity index (χ4n) is 2.00. The van der Waals surface area contributed by atoms with Crippen molar-refractivity contribution >= 4 is 40.9 Å². The molecule has 0 atom stereocenters. The number of para-hydroxylation sites is 2. The molecule has 0 spiro atoms. The van der Waals surface area contributed by atoms with E-state index in [0.29, 0.717) is 16.7 Å². The standard InChI is InChI=1S/C17H11NO5S/c19-15(20)11-7-5-10(6-8-11)9-14(16(21)22)24-17-18-12-3-1-2-4-13(12)23-17/h1-9H,(H,19,20)(H,21,22)/b14-9+. The van der Waals surface area contributed by atoms with Crippen LogP contribution in [0.3, 0.4) is 0 Å². The first-order valence-electron chi connectivity index (χ1n) is 6.85. The highest BCUT2D eigenvalue weighted by Gasteiger charge is 2.15. The smallest absolute Gasteiger partial charge is 0.342 e. The van der Waals surface area contributed by atoms with Crippen molar-refractivity contribution in [2.24, 2.45) is 0 Å². The molecule has 1 heterocycles. The van der Waals surface area contributed by atoms with Crippen molar-refractivity contribution < 1.29 is 24.2 Å². The zero-order chi connectivity index (χ0) is 17.1. The predicted octanol–water partition coefficient (Wildman–Crippen LogP) is 3.74. The Labute approximate surface area is 140 Å². The molecule has 0 unspecified atom stereocenters. The highest BCUT2D eigenvalue weighted by atomic mass is 32.2. The number of aromatic carboxylic acids is 1. The van der Waals surface area contributed by atoms with E-state index in [2.05, 4.69) is 4.98 Å². The first-order chi connectivity index (χ1) is 11.5. The maximum Gasteiger partial charge on any atom is 0.342 e. The number of rotatable bonds is 5. The van der Waals surface area contributed by atoms with E-state index in [1.165, 1.54) is 18.2 Å². The van der Waals surface area contributed by atoms with E-state index >= 15 is 0 Å². The summed E-state index contributed by atoms with van der Waals surface area (Å²) in [7, 11) is 0. The van der Waals surface area contributed by atoms with Gasteiger partial charge >= 0.3 is 11.9 Å². The number of carboxylic acid groups (broad SMARTS) is 2. The summed E-state index contributed by atoms with van der Waals surface area (Å²) in [6, 6.07) is 13.1. The Morgan fingerprint density at radius 2 is 1.75 bits per heavy atom. The van der Waals surface area contributed by atoms with Gasteiger partial charge in [-0.25, -0.2) is 14.6 Å². The molecule has 24 heavy (non-hydrogen) atoms. The number of nitrogens with zero attached hydrogens (tertiary/aromatic N) is 1. The van der Waals surface area contributed by atoms with Crippen molar-refractivity contribution in [3.63, 3.8) is 0 Å². The van der Waals surface area contributed by atoms with Gasteiger partial charge in [0, 0.05) is 0 Å². The molecular weight excluding hydrogens is 330 g/mol. The molecule has 3 aromatic rings. The Hall–Kier alpha value is -3.06. The average Bonchev–Trinajstić information content (AvgIpc) is 2.97. The molecule has 0 amide bonds. The summed E-state index contributed by atoms with van der Waals surface area (Å²) in [4.78, 5) is 26.5. The summed E-state index contributed by atoms with van der Waals surface area (Å²) in [5.41, 5.74) is 1.93. The third kappa shape index (κ3) is 3.47. The first-order valence-corrected chi connectivity index (χ1v) is 7.66. The SMILES string of the molecule is O=C(O)/C(=C\c1ccc(C(=O)O)cc1)Sc1nc2ccccc2o1. The minimum Gasteiger partial charge on any atom is -0.478 e. The van der Waals surface area contributed by atoms with Gasteiger partial charge in [-0.15, -0.1) is 0 Å². The van der Waals surface area contributed by atoms with Crippen LogP contribution < -0.4 is 0 Å². The lowest BCUT2D eigenvalue weighted by Crippen LogP contribution is -1.97. The normalized spacial score (nSPS) is 11.6. The highest BCUT2D eigenvalue weighted by Crippen LogP contribution is 2.30. The van der Waals surface area contributed by atoms with E-state index in [1.54, 1.807) is 30.3 Å². The molecular formula is C17H11NO5S. The lowest BCUT2D eigenvalue weighted by Gasteiger charge is -2.00. The largest absolute Gasteiger partial charge is 0.478 e. The van der Waals surface area contributed by atoms with Gasteiger partial charge in [0.1, 0.15) is 10.4 Å². The monoisotopic (exact) mass is 341 g/mol. The number of thioether (sulfide) groups is 1. The molecule has 0 aliphatic carbocycles. The number of benzene rings is 2. The van der Waals surface area contributed by atoms with Gasteiger partial charge in [-0.1, -0.05) is 24.3 Å². The molecule has 0 fully saturated rings. The second-order valence-corrected chi connectivity index (χ2v) is 5.78. The summed E-state index contributed by atoms with van der Waals surface area (Å²) < 4.78 is 5.51. The second kappa shape index (κ2) is 6.59. The van der Waals surface area contributed by atoms with Crippen LogP contribution in [-0.4, -0.2) is 27.1 Å². The zero-order valence-electron chi connectivity index (χ0n) is 12.2. The van der Waals surface area contributed by atoms with E-state index in [-0.39, 0.29) is 15.7 Å². The molecule has 3 rings (SSSR count). The number of hydrogen-bond donors (Lipinski definition) is 2. The Balaban J connectivity index is 1.88. The van der Waals surface area contributed by atoms with Crippen LogP contribution in [0.5, 0.6) is 0 Å². The third-order valence-electron chi connectivity index (χ3n) is 3.14. The summed E-state index contributed by atoms with van der Waals surface area (Å²) >= 11 is 0.895. The van der Waals surface area contributed by atoms with Crippen LogP contribution in [0.15, 0.2) is 63.1 Å². The quantitative estimate of drug-likeness (QED) is 0.538. The fraction of sp³-hybridized carbons (Fsp3) is 0. The van der Waals surface area contributed by atoms with Gasteiger partial charge in [0.15, 0.2) is 5.58 Å². The zero-order valence-corrected chi connectivity index (χ0v) is 13.0. The number of carbonyl (C=O) groups is 2. The van der Waals surface area contributed by atoms with Crippen LogP contribution in [0.1, 0.15) is 15.9 Å². The van der Waals surface area contributed by atoms with Crippen molar-refractivity contribution in [1.82, 2.24) is 4.98 Å². The van der Waals surface area contributed by atoms with Gasteiger partial charge in [0.05, 0.1) is 5.56 Å². The molecule has 0 aliphatic rings. The number of aliphatic carboxylic acids is 1. The maximum atomic E-state index is 11.4. The highest BCUT2D eigenvalue weighted by molar-refractivity contribution is 8.03. The van der Waals surface area contributed by atoms with Crippen molar-refractivity contribution in [3.8, 4) is 0 Å². The van der Waals surface area contributed by atoms with Gasteiger partial charge in [-0.2, -0.15) is 0 Å². The van der Waals surface area contributed by atoms with Gasteiger partial charge in [0.2, 0.25) is 0 Å². The molecule has 0 radical (unpaired) electrons. The summed E-state index contributed by atoms with van der Waals surface area (Å²) in [6.07, 6.45) is 1.44. The van der Waals surface area contributed by atoms with Crippen LogP contribution in [0, 0.1) is 0 Å². The van der Waals surface area contributed by atoms with E-state index in [4.69, 9.17) is 9.52 Å². The van der Waals surface area contributed by atoms with E-state index in [9.17, 15) is 14.7 Å². The van der Waals surface area contributed by atoms with Crippen LogP contribution >= 0.6 is 11.8 Å². The molecule has 7 heteroatoms. The minimum absolute atomic E-state index is 0.0182. The first kappa shape index (κ1) is 15.8. The lowest BCUT2D eigenvalue weighted by molar-refractivity contribution is -0.131. The van der Waals surface area contributed by atoms with Crippen LogP contribution in [0.4, 0.5) is 0 Å². The fourth-order valence-corrected chi connectivity index (χ4v) is 2.74. The maximum absolute atomic E-state index is 11.4.